The summed E-state index contributed by atoms with van der Waals surface area (Å²) in [4.78, 5) is 4.67. The Kier molecular flexibility index (Phi) is 4.87. The maximum absolute atomic E-state index is 5.55. The third-order valence-corrected chi connectivity index (χ3v) is 3.79. The molecule has 2 aromatic rings. The van der Waals surface area contributed by atoms with Crippen LogP contribution in [0.2, 0.25) is 0 Å². The summed E-state index contributed by atoms with van der Waals surface area (Å²) in [7, 11) is 0. The molecule has 1 aromatic heterocycles. The molecule has 1 unspecified atom stereocenters. The fourth-order valence-electron chi connectivity index (χ4n) is 1.95. The van der Waals surface area contributed by atoms with Crippen LogP contribution in [-0.2, 0) is 6.42 Å². The minimum atomic E-state index is 0.324. The monoisotopic (exact) mass is 261 g/mol. The van der Waals surface area contributed by atoms with Gasteiger partial charge in [0.2, 0.25) is 0 Å². The lowest BCUT2D eigenvalue weighted by Crippen LogP contribution is -2.36. The average Bonchev–Trinajstić information content (AvgIpc) is 2.88. The first-order valence-electron chi connectivity index (χ1n) is 6.29. The number of nitrogens with zero attached hydrogens (tertiary/aromatic N) is 1. The lowest BCUT2D eigenvalue weighted by atomic mass is 10.1. The first kappa shape index (κ1) is 13.2. The number of benzene rings is 1. The summed E-state index contributed by atoms with van der Waals surface area (Å²) < 4.78 is 0. The number of thiazole rings is 1. The molecule has 0 aliphatic carbocycles. The van der Waals surface area contributed by atoms with Crippen molar-refractivity contribution < 1.29 is 0 Å². The zero-order valence-corrected chi connectivity index (χ0v) is 11.4. The number of nitrogens with two attached hydrogens (primary N) is 1. The van der Waals surface area contributed by atoms with Crippen LogP contribution in [-0.4, -0.2) is 11.0 Å². The molecule has 0 spiro atoms. The number of aromatic nitrogens is 1. The Morgan fingerprint density at radius 3 is 2.78 bits per heavy atom. The summed E-state index contributed by atoms with van der Waals surface area (Å²) in [6, 6.07) is 10.6. The molecule has 96 valence electrons. The van der Waals surface area contributed by atoms with E-state index < -0.39 is 0 Å². The van der Waals surface area contributed by atoms with Gasteiger partial charge in [-0.3, -0.25) is 11.3 Å². The molecule has 0 saturated heterocycles. The first-order valence-corrected chi connectivity index (χ1v) is 7.17. The number of hydrazine groups is 1. The zero-order valence-electron chi connectivity index (χ0n) is 10.6. The predicted octanol–water partition coefficient (Wildman–Crippen LogP) is 2.98. The topological polar surface area (TPSA) is 50.9 Å². The molecule has 0 radical (unpaired) electrons. The molecule has 3 nitrogen and oxygen atoms in total. The Balaban J connectivity index is 2.06. The van der Waals surface area contributed by atoms with Crippen molar-refractivity contribution in [2.24, 2.45) is 5.84 Å². The highest BCUT2D eigenvalue weighted by atomic mass is 32.1. The van der Waals surface area contributed by atoms with E-state index in [0.29, 0.717) is 6.04 Å². The Morgan fingerprint density at radius 2 is 2.11 bits per heavy atom. The zero-order chi connectivity index (χ0) is 12.8. The molecule has 0 saturated carbocycles. The second-order valence-corrected chi connectivity index (χ2v) is 5.29. The third kappa shape index (κ3) is 3.38. The van der Waals surface area contributed by atoms with Gasteiger partial charge in [-0.15, -0.1) is 11.3 Å². The largest absolute Gasteiger partial charge is 0.271 e. The Hall–Kier alpha value is -1.23. The lowest BCUT2D eigenvalue weighted by molar-refractivity contribution is 0.485. The standard InChI is InChI=1S/C14H19N3S/c1-2-6-12(17-15)9-14-16-13(10-18-14)11-7-4-3-5-8-11/h3-5,7-8,10,12,17H,2,6,9,15H2,1H3. The summed E-state index contributed by atoms with van der Waals surface area (Å²) in [6.07, 6.45) is 3.12. The van der Waals surface area contributed by atoms with E-state index >= 15 is 0 Å². The van der Waals surface area contributed by atoms with E-state index in [2.05, 4.69) is 34.8 Å². The van der Waals surface area contributed by atoms with Crippen LogP contribution in [0.5, 0.6) is 0 Å². The Bertz CT molecular complexity index is 467. The van der Waals surface area contributed by atoms with Crippen LogP contribution in [0.1, 0.15) is 24.8 Å². The normalized spacial score (nSPS) is 12.6. The Morgan fingerprint density at radius 1 is 1.33 bits per heavy atom. The van der Waals surface area contributed by atoms with Crippen molar-refractivity contribution >= 4 is 11.3 Å². The van der Waals surface area contributed by atoms with Crippen LogP contribution in [0.15, 0.2) is 35.7 Å². The molecule has 0 bridgehead atoms. The quantitative estimate of drug-likeness (QED) is 0.621. The van der Waals surface area contributed by atoms with Crippen LogP contribution in [0.4, 0.5) is 0 Å². The second kappa shape index (κ2) is 6.64. The number of hydrogen-bond donors (Lipinski definition) is 2. The second-order valence-electron chi connectivity index (χ2n) is 4.35. The number of rotatable bonds is 6. The third-order valence-electron chi connectivity index (χ3n) is 2.92. The predicted molar refractivity (Wildman–Crippen MR) is 77.3 cm³/mol. The highest BCUT2D eigenvalue weighted by Crippen LogP contribution is 2.22. The van der Waals surface area contributed by atoms with E-state index in [4.69, 9.17) is 5.84 Å². The molecule has 18 heavy (non-hydrogen) atoms. The van der Waals surface area contributed by atoms with Gasteiger partial charge in [0.15, 0.2) is 0 Å². The molecule has 1 aromatic carbocycles. The minimum Gasteiger partial charge on any atom is -0.271 e. The van der Waals surface area contributed by atoms with E-state index in [0.717, 1.165) is 30.0 Å². The maximum Gasteiger partial charge on any atom is 0.0948 e. The molecular weight excluding hydrogens is 242 g/mol. The maximum atomic E-state index is 5.55. The summed E-state index contributed by atoms with van der Waals surface area (Å²) in [5, 5.41) is 3.26. The van der Waals surface area contributed by atoms with Crippen molar-refractivity contribution in [3.63, 3.8) is 0 Å². The van der Waals surface area contributed by atoms with Crippen LogP contribution >= 0.6 is 11.3 Å². The lowest BCUT2D eigenvalue weighted by Gasteiger charge is -2.12. The van der Waals surface area contributed by atoms with Gasteiger partial charge in [-0.05, 0) is 6.42 Å². The summed E-state index contributed by atoms with van der Waals surface area (Å²) >= 11 is 1.71. The summed E-state index contributed by atoms with van der Waals surface area (Å²) in [5.74, 6) is 5.55. The van der Waals surface area contributed by atoms with E-state index in [9.17, 15) is 0 Å². The van der Waals surface area contributed by atoms with E-state index in [1.165, 1.54) is 5.56 Å². The van der Waals surface area contributed by atoms with Gasteiger partial charge in [0.05, 0.1) is 10.7 Å². The van der Waals surface area contributed by atoms with Crippen LogP contribution in [0, 0.1) is 0 Å². The Labute approximate surface area is 112 Å². The van der Waals surface area contributed by atoms with Crippen molar-refractivity contribution in [3.8, 4) is 11.3 Å². The molecule has 0 amide bonds. The number of hydrogen-bond acceptors (Lipinski definition) is 4. The van der Waals surface area contributed by atoms with Gasteiger partial charge in [0.1, 0.15) is 0 Å². The minimum absolute atomic E-state index is 0.324. The summed E-state index contributed by atoms with van der Waals surface area (Å²) in [6.45, 7) is 2.17. The molecule has 1 atom stereocenters. The fraction of sp³-hybridized carbons (Fsp3) is 0.357. The molecule has 0 aliphatic heterocycles. The van der Waals surface area contributed by atoms with Crippen LogP contribution in [0.25, 0.3) is 11.3 Å². The molecule has 2 rings (SSSR count). The van der Waals surface area contributed by atoms with E-state index in [1.807, 2.05) is 18.2 Å². The van der Waals surface area contributed by atoms with Crippen molar-refractivity contribution in [1.82, 2.24) is 10.4 Å². The number of nitrogens with one attached hydrogen (secondary N) is 1. The average molecular weight is 261 g/mol. The summed E-state index contributed by atoms with van der Waals surface area (Å²) in [5.41, 5.74) is 5.10. The molecule has 4 heteroatoms. The highest BCUT2D eigenvalue weighted by Gasteiger charge is 2.10. The van der Waals surface area contributed by atoms with Gasteiger partial charge < -0.3 is 0 Å². The van der Waals surface area contributed by atoms with Crippen molar-refractivity contribution in [3.05, 3.63) is 40.7 Å². The van der Waals surface area contributed by atoms with Gasteiger partial charge in [-0.1, -0.05) is 43.7 Å². The van der Waals surface area contributed by atoms with Crippen molar-refractivity contribution in [2.45, 2.75) is 32.2 Å². The van der Waals surface area contributed by atoms with Crippen molar-refractivity contribution in [2.75, 3.05) is 0 Å². The van der Waals surface area contributed by atoms with Gasteiger partial charge >= 0.3 is 0 Å². The molecule has 0 fully saturated rings. The van der Waals surface area contributed by atoms with Gasteiger partial charge in [-0.2, -0.15) is 0 Å². The van der Waals surface area contributed by atoms with E-state index in [1.54, 1.807) is 11.3 Å². The molecular formula is C14H19N3S. The fourth-order valence-corrected chi connectivity index (χ4v) is 2.83. The van der Waals surface area contributed by atoms with Gasteiger partial charge in [0.25, 0.3) is 0 Å². The van der Waals surface area contributed by atoms with Gasteiger partial charge in [0, 0.05) is 23.4 Å². The van der Waals surface area contributed by atoms with E-state index in [-0.39, 0.29) is 0 Å². The smallest absolute Gasteiger partial charge is 0.0948 e. The molecule has 3 N–H and O–H groups in total. The molecule has 0 aliphatic rings. The van der Waals surface area contributed by atoms with Crippen LogP contribution in [0.3, 0.4) is 0 Å². The first-order chi connectivity index (χ1) is 8.83. The molecule has 1 heterocycles. The van der Waals surface area contributed by atoms with Crippen LogP contribution < -0.4 is 11.3 Å². The van der Waals surface area contributed by atoms with Crippen molar-refractivity contribution in [1.29, 1.82) is 0 Å². The SMILES string of the molecule is CCCC(Cc1nc(-c2ccccc2)cs1)NN. The van der Waals surface area contributed by atoms with Gasteiger partial charge in [-0.25, -0.2) is 4.98 Å². The highest BCUT2D eigenvalue weighted by molar-refractivity contribution is 7.09.